The highest BCUT2D eigenvalue weighted by Gasteiger charge is 2.49. The van der Waals surface area contributed by atoms with Crippen LogP contribution in [-0.2, 0) is 28.6 Å². The van der Waals surface area contributed by atoms with Crippen molar-refractivity contribution in [3.63, 3.8) is 0 Å². The van der Waals surface area contributed by atoms with Gasteiger partial charge in [-0.3, -0.25) is 4.79 Å². The van der Waals surface area contributed by atoms with Gasteiger partial charge < -0.3 is 24.6 Å². The molecule has 0 radical (unpaired) electrons. The average molecular weight is 403 g/mol. The Kier molecular flexibility index (Phi) is 8.49. The lowest BCUT2D eigenvalue weighted by Gasteiger charge is -2.23. The van der Waals surface area contributed by atoms with Crippen molar-refractivity contribution in [1.29, 1.82) is 0 Å². The molecule has 1 aliphatic heterocycles. The van der Waals surface area contributed by atoms with Gasteiger partial charge in [0.1, 0.15) is 18.3 Å². The van der Waals surface area contributed by atoms with Gasteiger partial charge in [-0.25, -0.2) is 9.59 Å². The van der Waals surface area contributed by atoms with Crippen LogP contribution in [0.1, 0.15) is 48.0 Å². The Bertz CT molecular complexity index is 597. The van der Waals surface area contributed by atoms with Gasteiger partial charge in [0, 0.05) is 16.1 Å². The fourth-order valence-electron chi connectivity index (χ4n) is 2.68. The van der Waals surface area contributed by atoms with Crippen molar-refractivity contribution in [3.8, 4) is 0 Å². The fraction of sp³-hybridized carbons (Fsp3) is 0.833. The molecular weight excluding hydrogens is 372 g/mol. The third kappa shape index (κ3) is 7.51. The van der Waals surface area contributed by atoms with Crippen molar-refractivity contribution in [1.82, 2.24) is 5.32 Å². The first-order chi connectivity index (χ1) is 12.8. The second-order valence-corrected chi connectivity index (χ2v) is 8.02. The van der Waals surface area contributed by atoms with E-state index in [1.54, 1.807) is 34.6 Å². The van der Waals surface area contributed by atoms with Crippen LogP contribution >= 0.6 is 0 Å². The van der Waals surface area contributed by atoms with Gasteiger partial charge in [-0.1, -0.05) is 0 Å². The van der Waals surface area contributed by atoms with Gasteiger partial charge in [0.05, 0.1) is 12.2 Å². The maximum Gasteiger partial charge on any atom is 0.332 e. The summed E-state index contributed by atoms with van der Waals surface area (Å²) < 4.78 is 16.1. The zero-order valence-corrected chi connectivity index (χ0v) is 17.3. The Balaban J connectivity index is 2.75. The molecule has 0 bridgehead atoms. The number of carbonyl (C=O) groups excluding carboxylic acids is 3. The number of ether oxygens (including phenoxy) is 3. The Hall–Kier alpha value is -2.07. The van der Waals surface area contributed by atoms with E-state index in [-0.39, 0.29) is 13.0 Å². The molecule has 1 rings (SSSR count). The van der Waals surface area contributed by atoms with Crippen LogP contribution in [0, 0.1) is 4.91 Å². The number of hydrogen-bond donors (Lipinski definition) is 2. The molecule has 1 aliphatic rings. The highest BCUT2D eigenvalue weighted by Crippen LogP contribution is 2.18. The molecule has 0 aromatic heterocycles. The van der Waals surface area contributed by atoms with Crippen molar-refractivity contribution >= 4 is 17.8 Å². The minimum Gasteiger partial charge on any atom is -0.461 e. The van der Waals surface area contributed by atoms with Crippen LogP contribution in [0.15, 0.2) is 0 Å². The van der Waals surface area contributed by atoms with Crippen LogP contribution in [-0.4, -0.2) is 76.9 Å². The molecule has 160 valence electrons. The van der Waals surface area contributed by atoms with Gasteiger partial charge in [0.2, 0.25) is 0 Å². The van der Waals surface area contributed by atoms with E-state index in [4.69, 9.17) is 14.2 Å². The molecule has 0 aromatic rings. The summed E-state index contributed by atoms with van der Waals surface area (Å²) in [5.74, 6) is -2.20. The van der Waals surface area contributed by atoms with Crippen molar-refractivity contribution < 1.29 is 38.5 Å². The fourth-order valence-corrected chi connectivity index (χ4v) is 2.68. The van der Waals surface area contributed by atoms with E-state index in [9.17, 15) is 24.4 Å². The molecule has 1 fully saturated rings. The van der Waals surface area contributed by atoms with Gasteiger partial charge in [-0.15, -0.1) is 0 Å². The number of carbonyl (C=O) groups is 3. The lowest BCUT2D eigenvalue weighted by atomic mass is 10.1. The molecule has 1 saturated heterocycles. The summed E-state index contributed by atoms with van der Waals surface area (Å²) in [5.41, 5.74) is -0.682. The summed E-state index contributed by atoms with van der Waals surface area (Å²) in [6, 6.07) is -2.58. The van der Waals surface area contributed by atoms with Crippen LogP contribution in [0.4, 0.5) is 0 Å². The van der Waals surface area contributed by atoms with Crippen LogP contribution in [0.3, 0.4) is 0 Å². The van der Waals surface area contributed by atoms with Crippen LogP contribution < -0.4 is 5.32 Å². The Labute approximate surface area is 164 Å². The van der Waals surface area contributed by atoms with E-state index < -0.39 is 60.4 Å². The number of hydrogen-bond acceptors (Lipinski definition) is 8. The predicted molar refractivity (Wildman–Crippen MR) is 97.3 cm³/mol. The average Bonchev–Trinajstić information content (AvgIpc) is 2.88. The van der Waals surface area contributed by atoms with E-state index in [1.807, 2.05) is 0 Å². The summed E-state index contributed by atoms with van der Waals surface area (Å²) in [6.45, 7) is 9.35. The first-order valence-electron chi connectivity index (χ1n) is 9.28. The molecule has 0 saturated carbocycles. The van der Waals surface area contributed by atoms with Crippen molar-refractivity contribution in [2.24, 2.45) is 0 Å². The lowest BCUT2D eigenvalue weighted by molar-refractivity contribution is -0.556. The Morgan fingerprint density at radius 2 is 1.82 bits per heavy atom. The van der Waals surface area contributed by atoms with Crippen molar-refractivity contribution in [2.45, 2.75) is 84.0 Å². The quantitative estimate of drug-likeness (QED) is 0.430. The number of aliphatic hydroxyl groups excluding tert-OH is 1. The minimum absolute atomic E-state index is 0.0346. The lowest BCUT2D eigenvalue weighted by Crippen LogP contribution is -2.55. The van der Waals surface area contributed by atoms with E-state index in [1.165, 1.54) is 6.92 Å². The van der Waals surface area contributed by atoms with Gasteiger partial charge >= 0.3 is 18.0 Å². The standard InChI is InChI=1S/C18H30N2O8/c1-10(2)27-17(24)14(11(3)21)19-16(23)15-12(7-8-20(15)25)26-9-13(22)28-18(4,5)6/h10-12,14-15,21H,7-9H2,1-6H3/p+1/t11-,12+,14+,15+/m1/s1. The normalized spacial score (nSPS) is 21.9. The maximum atomic E-state index is 12.6. The molecule has 0 spiro atoms. The summed E-state index contributed by atoms with van der Waals surface area (Å²) in [5, 5.41) is 12.2. The topological polar surface area (TPSA) is 131 Å². The van der Waals surface area contributed by atoms with Gasteiger partial charge in [-0.2, -0.15) is 0 Å². The summed E-state index contributed by atoms with van der Waals surface area (Å²) in [4.78, 5) is 48.5. The zero-order valence-electron chi connectivity index (χ0n) is 17.3. The number of nitrogens with zero attached hydrogens (tertiary/aromatic N) is 1. The monoisotopic (exact) mass is 403 g/mol. The largest absolute Gasteiger partial charge is 0.461 e. The first-order valence-corrected chi connectivity index (χ1v) is 9.28. The zero-order chi connectivity index (χ0) is 21.6. The van der Waals surface area contributed by atoms with Gasteiger partial charge in [-0.05, 0) is 41.5 Å². The minimum atomic E-state index is -1.32. The van der Waals surface area contributed by atoms with Gasteiger partial charge in [0.25, 0.3) is 5.91 Å². The highest BCUT2D eigenvalue weighted by molar-refractivity contribution is 5.87. The predicted octanol–water partition coefficient (Wildman–Crippen LogP) is 0.0817. The van der Waals surface area contributed by atoms with Crippen LogP contribution in [0.25, 0.3) is 0 Å². The summed E-state index contributed by atoms with van der Waals surface area (Å²) in [6.07, 6.45) is -2.27. The third-order valence-electron chi connectivity index (χ3n) is 3.79. The van der Waals surface area contributed by atoms with Crippen molar-refractivity contribution in [2.75, 3.05) is 13.2 Å². The molecule has 0 aromatic carbocycles. The number of esters is 2. The second kappa shape index (κ2) is 9.92. The Morgan fingerprint density at radius 3 is 2.32 bits per heavy atom. The molecule has 0 aliphatic carbocycles. The third-order valence-corrected chi connectivity index (χ3v) is 3.79. The second-order valence-electron chi connectivity index (χ2n) is 8.02. The smallest absolute Gasteiger partial charge is 0.332 e. The molecule has 28 heavy (non-hydrogen) atoms. The number of nitrogens with one attached hydrogen (secondary N) is 1. The number of nitroso groups, excluding NO2 is 1. The first kappa shape index (κ1) is 24.0. The molecule has 10 nitrogen and oxygen atoms in total. The van der Waals surface area contributed by atoms with Crippen LogP contribution in [0.2, 0.25) is 0 Å². The Morgan fingerprint density at radius 1 is 1.21 bits per heavy atom. The summed E-state index contributed by atoms with van der Waals surface area (Å²) >= 11 is 0. The molecule has 1 heterocycles. The van der Waals surface area contributed by atoms with Gasteiger partial charge in [0.15, 0.2) is 12.6 Å². The van der Waals surface area contributed by atoms with E-state index in [0.717, 1.165) is 0 Å². The molecular formula is C18H31N2O8+. The van der Waals surface area contributed by atoms with E-state index in [2.05, 4.69) is 5.32 Å². The highest BCUT2D eigenvalue weighted by atomic mass is 16.6. The molecule has 0 unspecified atom stereocenters. The molecule has 2 N–H and O–H groups in total. The van der Waals surface area contributed by atoms with E-state index >= 15 is 0 Å². The van der Waals surface area contributed by atoms with Crippen LogP contribution in [0.5, 0.6) is 0 Å². The molecule has 10 heteroatoms. The number of aliphatic hydroxyl groups is 1. The SMILES string of the molecule is CC(C)OC(=O)[C@@H](NC(=O)[C@@H]1[C@@H](OCC(=O)OC(C)(C)C)CC[N+]1=O)[C@@H](C)O. The number of rotatable bonds is 8. The summed E-state index contributed by atoms with van der Waals surface area (Å²) in [7, 11) is 0. The number of amides is 1. The maximum absolute atomic E-state index is 12.6. The van der Waals surface area contributed by atoms with Crippen molar-refractivity contribution in [3.05, 3.63) is 4.91 Å². The van der Waals surface area contributed by atoms with E-state index in [0.29, 0.717) is 4.76 Å². The molecule has 1 amide bonds. The molecule has 4 atom stereocenters.